The number of aromatic nitrogens is 1. The maximum Gasteiger partial charge on any atom is 0.339 e. The van der Waals surface area contributed by atoms with E-state index in [0.29, 0.717) is 12.1 Å². The summed E-state index contributed by atoms with van der Waals surface area (Å²) in [5, 5.41) is 0.751. The second kappa shape index (κ2) is 7.43. The first kappa shape index (κ1) is 18.2. The Kier molecular flexibility index (Phi) is 4.82. The van der Waals surface area contributed by atoms with E-state index in [0.717, 1.165) is 46.3 Å². The van der Waals surface area contributed by atoms with Gasteiger partial charge in [0.1, 0.15) is 0 Å². The molecule has 5 nitrogen and oxygen atoms in total. The normalized spacial score (nSPS) is 12.9. The Morgan fingerprint density at radius 1 is 1.11 bits per heavy atom. The molecule has 5 heteroatoms. The summed E-state index contributed by atoms with van der Waals surface area (Å²) in [6.45, 7) is 4.23. The average Bonchev–Trinajstić information content (AvgIpc) is 3.15. The maximum atomic E-state index is 12.9. The number of para-hydroxylation sites is 2. The highest BCUT2D eigenvalue weighted by atomic mass is 16.5. The van der Waals surface area contributed by atoms with Crippen molar-refractivity contribution in [3.05, 3.63) is 70.9 Å². The summed E-state index contributed by atoms with van der Waals surface area (Å²) in [5.41, 5.74) is 4.98. The fourth-order valence-electron chi connectivity index (χ4n) is 3.84. The highest BCUT2D eigenvalue weighted by Crippen LogP contribution is 2.28. The standard InChI is InChI=1S/C23H22N2O3/c1-3-18-15(2)22(17-9-5-6-10-19(17)24-18)23(27)28-14-21(26)25-13-12-16-8-4-7-11-20(16)25/h4-11H,3,12-14H2,1-2H3. The molecular formula is C23H22N2O3. The summed E-state index contributed by atoms with van der Waals surface area (Å²) in [6.07, 6.45) is 1.55. The van der Waals surface area contributed by atoms with Gasteiger partial charge in [-0.1, -0.05) is 43.3 Å². The van der Waals surface area contributed by atoms with E-state index < -0.39 is 5.97 Å². The van der Waals surface area contributed by atoms with Gasteiger partial charge >= 0.3 is 5.97 Å². The predicted octanol–water partition coefficient (Wildman–Crippen LogP) is 3.85. The molecule has 0 N–H and O–H groups in total. The first-order chi connectivity index (χ1) is 13.6. The number of nitrogens with zero attached hydrogens (tertiary/aromatic N) is 2. The van der Waals surface area contributed by atoms with Gasteiger partial charge in [-0.15, -0.1) is 0 Å². The van der Waals surface area contributed by atoms with Crippen LogP contribution in [0.3, 0.4) is 0 Å². The van der Waals surface area contributed by atoms with E-state index in [4.69, 9.17) is 4.74 Å². The van der Waals surface area contributed by atoms with E-state index in [9.17, 15) is 9.59 Å². The van der Waals surface area contributed by atoms with Crippen molar-refractivity contribution in [2.75, 3.05) is 18.1 Å². The van der Waals surface area contributed by atoms with E-state index in [2.05, 4.69) is 4.98 Å². The van der Waals surface area contributed by atoms with Crippen LogP contribution in [-0.2, 0) is 22.4 Å². The Labute approximate surface area is 163 Å². The van der Waals surface area contributed by atoms with Gasteiger partial charge in [0.05, 0.1) is 11.1 Å². The number of amides is 1. The summed E-state index contributed by atoms with van der Waals surface area (Å²) < 4.78 is 5.45. The van der Waals surface area contributed by atoms with Crippen LogP contribution in [0, 0.1) is 6.92 Å². The van der Waals surface area contributed by atoms with Gasteiger partial charge in [0.25, 0.3) is 5.91 Å². The molecule has 142 valence electrons. The van der Waals surface area contributed by atoms with Gasteiger partial charge in [-0.25, -0.2) is 4.79 Å². The molecule has 4 rings (SSSR count). The largest absolute Gasteiger partial charge is 0.452 e. The molecule has 0 saturated carbocycles. The van der Waals surface area contributed by atoms with E-state index in [-0.39, 0.29) is 12.5 Å². The minimum Gasteiger partial charge on any atom is -0.452 e. The highest BCUT2D eigenvalue weighted by molar-refractivity contribution is 6.06. The molecule has 0 radical (unpaired) electrons. The van der Waals surface area contributed by atoms with Gasteiger partial charge in [0.2, 0.25) is 0 Å². The molecule has 2 heterocycles. The first-order valence-electron chi connectivity index (χ1n) is 9.53. The van der Waals surface area contributed by atoms with Crippen LogP contribution in [0.25, 0.3) is 10.9 Å². The molecule has 28 heavy (non-hydrogen) atoms. The van der Waals surface area contributed by atoms with Crippen LogP contribution >= 0.6 is 0 Å². The van der Waals surface area contributed by atoms with E-state index >= 15 is 0 Å². The molecule has 1 aliphatic rings. The topological polar surface area (TPSA) is 59.5 Å². The van der Waals surface area contributed by atoms with Gasteiger partial charge in [-0.05, 0) is 43.0 Å². The molecule has 3 aromatic rings. The van der Waals surface area contributed by atoms with Crippen molar-refractivity contribution in [3.63, 3.8) is 0 Å². The van der Waals surface area contributed by atoms with E-state index in [1.54, 1.807) is 4.90 Å². The zero-order valence-corrected chi connectivity index (χ0v) is 16.1. The molecule has 0 atom stereocenters. The van der Waals surface area contributed by atoms with Gasteiger partial charge in [0, 0.05) is 23.3 Å². The molecule has 1 amide bonds. The molecule has 0 fully saturated rings. The molecule has 0 spiro atoms. The fourth-order valence-corrected chi connectivity index (χ4v) is 3.84. The van der Waals surface area contributed by atoms with Crippen LogP contribution < -0.4 is 4.90 Å². The Morgan fingerprint density at radius 3 is 2.68 bits per heavy atom. The summed E-state index contributed by atoms with van der Waals surface area (Å²) in [5.74, 6) is -0.684. The SMILES string of the molecule is CCc1nc2ccccc2c(C(=O)OCC(=O)N2CCc3ccccc32)c1C. The zero-order valence-electron chi connectivity index (χ0n) is 16.1. The van der Waals surface area contributed by atoms with Gasteiger partial charge in [-0.3, -0.25) is 9.78 Å². The number of pyridine rings is 1. The van der Waals surface area contributed by atoms with Crippen LogP contribution in [0.15, 0.2) is 48.5 Å². The van der Waals surface area contributed by atoms with Crippen LogP contribution in [0.4, 0.5) is 5.69 Å². The lowest BCUT2D eigenvalue weighted by Crippen LogP contribution is -2.33. The van der Waals surface area contributed by atoms with E-state index in [1.165, 1.54) is 0 Å². The van der Waals surface area contributed by atoms with Crippen LogP contribution in [0.1, 0.15) is 34.1 Å². The second-order valence-electron chi connectivity index (χ2n) is 6.93. The fraction of sp³-hybridized carbons (Fsp3) is 0.261. The van der Waals surface area contributed by atoms with Crippen molar-refractivity contribution in [2.24, 2.45) is 0 Å². The lowest BCUT2D eigenvalue weighted by molar-refractivity contribution is -0.121. The van der Waals surface area contributed by atoms with Crippen molar-refractivity contribution >= 4 is 28.5 Å². The van der Waals surface area contributed by atoms with Crippen LogP contribution in [0.5, 0.6) is 0 Å². The number of fused-ring (bicyclic) bond motifs is 2. The van der Waals surface area contributed by atoms with Crippen molar-refractivity contribution in [3.8, 4) is 0 Å². The summed E-state index contributed by atoms with van der Waals surface area (Å²) in [4.78, 5) is 31.9. The first-order valence-corrected chi connectivity index (χ1v) is 9.53. The summed E-state index contributed by atoms with van der Waals surface area (Å²) >= 11 is 0. The lowest BCUT2D eigenvalue weighted by Gasteiger charge is -2.18. The number of aryl methyl sites for hydroxylation is 1. The summed E-state index contributed by atoms with van der Waals surface area (Å²) in [7, 11) is 0. The number of benzene rings is 2. The molecule has 0 saturated heterocycles. The van der Waals surface area contributed by atoms with Gasteiger partial charge < -0.3 is 9.64 Å². The number of carbonyl (C=O) groups excluding carboxylic acids is 2. The van der Waals surface area contributed by atoms with Crippen molar-refractivity contribution in [2.45, 2.75) is 26.7 Å². The number of hydrogen-bond donors (Lipinski definition) is 0. The van der Waals surface area contributed by atoms with E-state index in [1.807, 2.05) is 62.4 Å². The number of hydrogen-bond acceptors (Lipinski definition) is 4. The van der Waals surface area contributed by atoms with Crippen molar-refractivity contribution in [1.29, 1.82) is 0 Å². The Morgan fingerprint density at radius 2 is 1.86 bits per heavy atom. The van der Waals surface area contributed by atoms with Crippen molar-refractivity contribution in [1.82, 2.24) is 4.98 Å². The van der Waals surface area contributed by atoms with Crippen LogP contribution in [-0.4, -0.2) is 30.0 Å². The molecule has 0 bridgehead atoms. The number of rotatable bonds is 4. The molecule has 0 aliphatic carbocycles. The monoisotopic (exact) mass is 374 g/mol. The molecule has 2 aromatic carbocycles. The Hall–Kier alpha value is -3.21. The highest BCUT2D eigenvalue weighted by Gasteiger charge is 2.26. The second-order valence-corrected chi connectivity index (χ2v) is 6.93. The number of esters is 1. The lowest BCUT2D eigenvalue weighted by atomic mass is 10.0. The predicted molar refractivity (Wildman–Crippen MR) is 109 cm³/mol. The number of anilines is 1. The van der Waals surface area contributed by atoms with Gasteiger partial charge in [-0.2, -0.15) is 0 Å². The molecular weight excluding hydrogens is 352 g/mol. The Balaban J connectivity index is 1.56. The number of ether oxygens (including phenoxy) is 1. The molecule has 1 aliphatic heterocycles. The van der Waals surface area contributed by atoms with Crippen LogP contribution in [0.2, 0.25) is 0 Å². The van der Waals surface area contributed by atoms with Gasteiger partial charge in [0.15, 0.2) is 6.61 Å². The quantitative estimate of drug-likeness (QED) is 0.651. The minimum atomic E-state index is -0.480. The third kappa shape index (κ3) is 3.13. The smallest absolute Gasteiger partial charge is 0.339 e. The maximum absolute atomic E-state index is 12.9. The minimum absolute atomic E-state index is 0.204. The Bertz CT molecular complexity index is 1070. The molecule has 0 unspecified atom stereocenters. The third-order valence-electron chi connectivity index (χ3n) is 5.29. The molecule has 1 aromatic heterocycles. The van der Waals surface area contributed by atoms with Crippen molar-refractivity contribution < 1.29 is 14.3 Å². The zero-order chi connectivity index (χ0) is 19.7. The number of carbonyl (C=O) groups is 2. The third-order valence-corrected chi connectivity index (χ3v) is 5.29. The summed E-state index contributed by atoms with van der Waals surface area (Å²) in [6, 6.07) is 15.3. The average molecular weight is 374 g/mol.